The minimum absolute atomic E-state index is 0.969. The maximum Gasteiger partial charge on any atom is -0.0238 e. The van der Waals surface area contributed by atoms with Gasteiger partial charge >= 0.3 is 0 Å². The normalized spacial score (nSPS) is 52.2. The Hall–Kier alpha value is 0. The van der Waals surface area contributed by atoms with Crippen LogP contribution in [0.15, 0.2) is 0 Å². The van der Waals surface area contributed by atoms with Crippen molar-refractivity contribution in [2.24, 2.45) is 17.3 Å². The third-order valence-electron chi connectivity index (χ3n) is 4.41. The summed E-state index contributed by atoms with van der Waals surface area (Å²) in [6.07, 6.45) is 11.0. The molecule has 0 aliphatic heterocycles. The molecule has 0 spiro atoms. The van der Waals surface area contributed by atoms with Crippen LogP contribution in [-0.4, -0.2) is 0 Å². The van der Waals surface area contributed by atoms with Gasteiger partial charge in [-0.05, 0) is 49.4 Å². The highest BCUT2D eigenvalue weighted by Gasteiger charge is 2.64. The molecular weight excluding hydrogens is 120 g/mol. The molecule has 0 nitrogen and oxygen atoms in total. The zero-order valence-corrected chi connectivity index (χ0v) is 6.60. The Bertz CT molecular complexity index is 151. The molecule has 1 unspecified atom stereocenters. The average molecular weight is 136 g/mol. The lowest BCUT2D eigenvalue weighted by Crippen LogP contribution is -2.22. The van der Waals surface area contributed by atoms with Crippen molar-refractivity contribution in [2.45, 2.75) is 44.9 Å². The zero-order chi connectivity index (χ0) is 6.60. The van der Waals surface area contributed by atoms with Gasteiger partial charge in [-0.15, -0.1) is 0 Å². The summed E-state index contributed by atoms with van der Waals surface area (Å²) in [4.78, 5) is 0. The van der Waals surface area contributed by atoms with E-state index < -0.39 is 0 Å². The van der Waals surface area contributed by atoms with E-state index in [9.17, 15) is 0 Å². The van der Waals surface area contributed by atoms with Crippen LogP contribution in [-0.2, 0) is 0 Å². The molecule has 3 saturated carbocycles. The lowest BCUT2D eigenvalue weighted by atomic mass is 9.74. The first-order valence-electron chi connectivity index (χ1n) is 4.92. The Morgan fingerprint density at radius 1 is 0.900 bits per heavy atom. The fourth-order valence-corrected chi connectivity index (χ4v) is 3.53. The quantitative estimate of drug-likeness (QED) is 0.520. The molecule has 3 fully saturated rings. The van der Waals surface area contributed by atoms with E-state index in [0.717, 1.165) is 5.41 Å². The number of hydrogen-bond donors (Lipinski definition) is 0. The van der Waals surface area contributed by atoms with Crippen LogP contribution in [0.5, 0.6) is 0 Å². The Morgan fingerprint density at radius 3 is 2.10 bits per heavy atom. The molecule has 0 amide bonds. The van der Waals surface area contributed by atoms with Crippen LogP contribution in [0, 0.1) is 17.3 Å². The van der Waals surface area contributed by atoms with Crippen molar-refractivity contribution in [1.29, 1.82) is 0 Å². The van der Waals surface area contributed by atoms with Crippen molar-refractivity contribution in [1.82, 2.24) is 0 Å². The number of rotatable bonds is 1. The van der Waals surface area contributed by atoms with Crippen molar-refractivity contribution < 1.29 is 0 Å². The average Bonchev–Trinajstić information content (AvgIpc) is 2.40. The molecule has 0 aromatic carbocycles. The maximum atomic E-state index is 1.62. The number of fused-ring (bicyclic) bond motifs is 1. The van der Waals surface area contributed by atoms with E-state index in [1.54, 1.807) is 44.9 Å². The molecule has 2 atom stereocenters. The summed E-state index contributed by atoms with van der Waals surface area (Å²) in [7, 11) is 0. The molecule has 10 heavy (non-hydrogen) atoms. The smallest absolute Gasteiger partial charge is 0.0238 e. The highest BCUT2D eigenvalue weighted by molar-refractivity contribution is 5.13. The van der Waals surface area contributed by atoms with Gasteiger partial charge in [-0.1, -0.05) is 12.8 Å². The summed E-state index contributed by atoms with van der Waals surface area (Å²) in [6, 6.07) is 0. The van der Waals surface area contributed by atoms with E-state index in [1.807, 2.05) is 0 Å². The number of hydrogen-bond acceptors (Lipinski definition) is 0. The molecule has 0 radical (unpaired) electrons. The Morgan fingerprint density at radius 2 is 1.70 bits per heavy atom. The highest BCUT2D eigenvalue weighted by Crippen LogP contribution is 2.73. The van der Waals surface area contributed by atoms with Crippen molar-refractivity contribution in [3.8, 4) is 0 Å². The molecule has 0 aromatic heterocycles. The SMILES string of the molecule is C1CCC(C23CC[C@H]2C3)C1. The second-order valence-corrected chi connectivity index (χ2v) is 4.65. The van der Waals surface area contributed by atoms with Crippen LogP contribution < -0.4 is 0 Å². The topological polar surface area (TPSA) is 0 Å². The van der Waals surface area contributed by atoms with Gasteiger partial charge in [0.25, 0.3) is 0 Å². The van der Waals surface area contributed by atoms with Crippen LogP contribution in [0.4, 0.5) is 0 Å². The Labute approximate surface area is 63.0 Å². The van der Waals surface area contributed by atoms with Gasteiger partial charge in [0.05, 0.1) is 0 Å². The van der Waals surface area contributed by atoms with Gasteiger partial charge in [0.15, 0.2) is 0 Å². The minimum Gasteiger partial charge on any atom is -0.0530 e. The predicted molar refractivity (Wildman–Crippen MR) is 41.7 cm³/mol. The van der Waals surface area contributed by atoms with E-state index in [-0.39, 0.29) is 0 Å². The Kier molecular flexibility index (Phi) is 0.898. The van der Waals surface area contributed by atoms with Gasteiger partial charge in [-0.3, -0.25) is 0 Å². The molecule has 56 valence electrons. The molecule has 0 bridgehead atoms. The van der Waals surface area contributed by atoms with Gasteiger partial charge in [0, 0.05) is 0 Å². The van der Waals surface area contributed by atoms with Crippen molar-refractivity contribution in [3.63, 3.8) is 0 Å². The van der Waals surface area contributed by atoms with Crippen LogP contribution >= 0.6 is 0 Å². The van der Waals surface area contributed by atoms with Crippen LogP contribution in [0.1, 0.15) is 44.9 Å². The van der Waals surface area contributed by atoms with Crippen molar-refractivity contribution in [2.75, 3.05) is 0 Å². The fraction of sp³-hybridized carbons (Fsp3) is 1.00. The summed E-state index contributed by atoms with van der Waals surface area (Å²) in [5, 5.41) is 0. The standard InChI is InChI=1S/C10H16/c1-2-4-8(3-1)10-6-5-9(10)7-10/h8-9H,1-7H2/t9-,10?/m0/s1. The van der Waals surface area contributed by atoms with E-state index >= 15 is 0 Å². The summed E-state index contributed by atoms with van der Waals surface area (Å²) >= 11 is 0. The molecular formula is C10H16. The molecule has 0 heterocycles. The lowest BCUT2D eigenvalue weighted by molar-refractivity contribution is 0.185. The largest absolute Gasteiger partial charge is 0.0530 e. The monoisotopic (exact) mass is 136 g/mol. The molecule has 0 N–H and O–H groups in total. The maximum absolute atomic E-state index is 1.62. The molecule has 3 aliphatic rings. The van der Waals surface area contributed by atoms with E-state index in [0.29, 0.717) is 0 Å². The highest BCUT2D eigenvalue weighted by atomic mass is 14.7. The van der Waals surface area contributed by atoms with E-state index in [1.165, 1.54) is 11.8 Å². The van der Waals surface area contributed by atoms with Crippen molar-refractivity contribution in [3.05, 3.63) is 0 Å². The summed E-state index contributed by atoms with van der Waals surface area (Å²) in [6.45, 7) is 0. The van der Waals surface area contributed by atoms with Gasteiger partial charge in [-0.25, -0.2) is 0 Å². The second kappa shape index (κ2) is 1.60. The minimum atomic E-state index is 0.969. The van der Waals surface area contributed by atoms with Crippen LogP contribution in [0.3, 0.4) is 0 Å². The third kappa shape index (κ3) is 0.500. The van der Waals surface area contributed by atoms with Crippen molar-refractivity contribution >= 4 is 0 Å². The van der Waals surface area contributed by atoms with Gasteiger partial charge < -0.3 is 0 Å². The lowest BCUT2D eigenvalue weighted by Gasteiger charge is -2.31. The molecule has 0 heteroatoms. The Balaban J connectivity index is 1.76. The zero-order valence-electron chi connectivity index (χ0n) is 6.60. The first-order chi connectivity index (χ1) is 4.92. The first-order valence-corrected chi connectivity index (χ1v) is 4.92. The van der Waals surface area contributed by atoms with E-state index in [2.05, 4.69) is 0 Å². The summed E-state index contributed by atoms with van der Waals surface area (Å²) < 4.78 is 0. The van der Waals surface area contributed by atoms with Gasteiger partial charge in [0.1, 0.15) is 0 Å². The second-order valence-electron chi connectivity index (χ2n) is 4.65. The fourth-order valence-electron chi connectivity index (χ4n) is 3.53. The first kappa shape index (κ1) is 5.62. The van der Waals surface area contributed by atoms with Gasteiger partial charge in [-0.2, -0.15) is 0 Å². The van der Waals surface area contributed by atoms with Gasteiger partial charge in [0.2, 0.25) is 0 Å². The van der Waals surface area contributed by atoms with E-state index in [4.69, 9.17) is 0 Å². The third-order valence-corrected chi connectivity index (χ3v) is 4.41. The molecule has 3 aliphatic carbocycles. The van der Waals surface area contributed by atoms with Crippen LogP contribution in [0.2, 0.25) is 0 Å². The summed E-state index contributed by atoms with van der Waals surface area (Å²) in [5.74, 6) is 2.40. The van der Waals surface area contributed by atoms with Crippen LogP contribution in [0.25, 0.3) is 0 Å². The molecule has 0 saturated heterocycles. The molecule has 0 aromatic rings. The summed E-state index contributed by atoms with van der Waals surface area (Å²) in [5.41, 5.74) is 0.969. The predicted octanol–water partition coefficient (Wildman–Crippen LogP) is 2.98. The molecule has 3 rings (SSSR count).